The van der Waals surface area contributed by atoms with Crippen molar-refractivity contribution >= 4 is 5.97 Å². The van der Waals surface area contributed by atoms with E-state index in [1.165, 1.54) is 26.4 Å². The summed E-state index contributed by atoms with van der Waals surface area (Å²) in [6.07, 6.45) is 6.24. The zero-order valence-corrected chi connectivity index (χ0v) is 12.4. The van der Waals surface area contributed by atoms with Crippen molar-refractivity contribution in [2.24, 2.45) is 23.0 Å². The summed E-state index contributed by atoms with van der Waals surface area (Å²) in [7, 11) is 1.46. The first-order valence-corrected chi connectivity index (χ1v) is 7.23. The number of hydrogen-bond acceptors (Lipinski definition) is 3. The van der Waals surface area contributed by atoms with E-state index in [-0.39, 0.29) is 17.4 Å². The number of carbonyl (C=O) groups is 1. The lowest BCUT2D eigenvalue weighted by molar-refractivity contribution is -0.144. The van der Waals surface area contributed by atoms with E-state index in [0.717, 1.165) is 24.7 Å². The summed E-state index contributed by atoms with van der Waals surface area (Å²) in [5, 5.41) is 0. The third-order valence-electron chi connectivity index (χ3n) is 4.90. The highest BCUT2D eigenvalue weighted by molar-refractivity contribution is 5.70. The lowest BCUT2D eigenvalue weighted by atomic mass is 9.72. The molecular weight excluding hydrogens is 226 g/mol. The van der Waals surface area contributed by atoms with Crippen molar-refractivity contribution in [2.45, 2.75) is 65.3 Å². The zero-order valence-electron chi connectivity index (χ0n) is 12.4. The highest BCUT2D eigenvalue weighted by Crippen LogP contribution is 2.43. The molecule has 2 N–H and O–H groups in total. The van der Waals surface area contributed by atoms with Gasteiger partial charge < -0.3 is 10.5 Å². The Bertz CT molecular complexity index is 276. The van der Waals surface area contributed by atoms with E-state index in [9.17, 15) is 4.79 Å². The van der Waals surface area contributed by atoms with Crippen LogP contribution in [-0.2, 0) is 9.53 Å². The van der Waals surface area contributed by atoms with Gasteiger partial charge >= 0.3 is 5.97 Å². The van der Waals surface area contributed by atoms with Crippen molar-refractivity contribution in [3.8, 4) is 0 Å². The van der Waals surface area contributed by atoms with Gasteiger partial charge in [0, 0.05) is 6.04 Å². The van der Waals surface area contributed by atoms with Crippen molar-refractivity contribution in [3.63, 3.8) is 0 Å². The van der Waals surface area contributed by atoms with E-state index in [0.29, 0.717) is 6.42 Å². The number of hydrogen-bond donors (Lipinski definition) is 1. The molecule has 1 fully saturated rings. The molecule has 3 unspecified atom stereocenters. The van der Waals surface area contributed by atoms with E-state index in [1.807, 2.05) is 6.92 Å². The third-order valence-corrected chi connectivity index (χ3v) is 4.90. The Morgan fingerprint density at radius 3 is 2.50 bits per heavy atom. The standard InChI is InChI=1S/C15H29NO2/c1-11(2)13-6-5-8-15(9-7-13,12(3)16)10-14(17)18-4/h11-13H,5-10,16H2,1-4H3. The number of rotatable bonds is 4. The summed E-state index contributed by atoms with van der Waals surface area (Å²) < 4.78 is 4.85. The fourth-order valence-corrected chi connectivity index (χ4v) is 3.28. The first kappa shape index (κ1) is 15.5. The molecule has 1 aliphatic rings. The maximum absolute atomic E-state index is 11.6. The Morgan fingerprint density at radius 2 is 2.00 bits per heavy atom. The predicted octanol–water partition coefficient (Wildman–Crippen LogP) is 3.12. The Hall–Kier alpha value is -0.570. The van der Waals surface area contributed by atoms with Crippen LogP contribution < -0.4 is 5.73 Å². The number of methoxy groups -OCH3 is 1. The van der Waals surface area contributed by atoms with Crippen molar-refractivity contribution in [1.29, 1.82) is 0 Å². The molecule has 0 radical (unpaired) electrons. The molecule has 0 bridgehead atoms. The minimum atomic E-state index is -0.115. The summed E-state index contributed by atoms with van der Waals surface area (Å²) in [4.78, 5) is 11.6. The van der Waals surface area contributed by atoms with E-state index < -0.39 is 0 Å². The largest absolute Gasteiger partial charge is 0.469 e. The van der Waals surface area contributed by atoms with Crippen molar-refractivity contribution in [1.82, 2.24) is 0 Å². The quantitative estimate of drug-likeness (QED) is 0.620. The highest BCUT2D eigenvalue weighted by Gasteiger charge is 2.39. The number of esters is 1. The van der Waals surface area contributed by atoms with E-state index in [4.69, 9.17) is 10.5 Å². The van der Waals surface area contributed by atoms with E-state index in [1.54, 1.807) is 0 Å². The van der Waals surface area contributed by atoms with Gasteiger partial charge in [0.25, 0.3) is 0 Å². The van der Waals surface area contributed by atoms with Crippen LogP contribution in [0, 0.1) is 17.3 Å². The zero-order chi connectivity index (χ0) is 13.8. The molecule has 1 aliphatic carbocycles. The summed E-state index contributed by atoms with van der Waals surface area (Å²) in [6.45, 7) is 6.63. The van der Waals surface area contributed by atoms with Crippen LogP contribution in [0.1, 0.15) is 59.3 Å². The predicted molar refractivity (Wildman–Crippen MR) is 74.1 cm³/mol. The SMILES string of the molecule is COC(=O)CC1(C(C)N)CCCC(C(C)C)CC1. The fraction of sp³-hybridized carbons (Fsp3) is 0.933. The van der Waals surface area contributed by atoms with Crippen LogP contribution in [0.5, 0.6) is 0 Å². The van der Waals surface area contributed by atoms with Crippen molar-refractivity contribution in [3.05, 3.63) is 0 Å². The average Bonchev–Trinajstić information content (AvgIpc) is 2.52. The minimum Gasteiger partial charge on any atom is -0.469 e. The Kier molecular flexibility index (Phi) is 5.64. The molecule has 0 heterocycles. The second-order valence-electron chi connectivity index (χ2n) is 6.34. The molecule has 1 rings (SSSR count). The monoisotopic (exact) mass is 255 g/mol. The van der Waals surface area contributed by atoms with Crippen LogP contribution in [0.4, 0.5) is 0 Å². The molecule has 0 aromatic heterocycles. The van der Waals surface area contributed by atoms with Crippen LogP contribution >= 0.6 is 0 Å². The van der Waals surface area contributed by atoms with Crippen molar-refractivity contribution in [2.75, 3.05) is 7.11 Å². The molecule has 3 nitrogen and oxygen atoms in total. The summed E-state index contributed by atoms with van der Waals surface area (Å²) >= 11 is 0. The highest BCUT2D eigenvalue weighted by atomic mass is 16.5. The normalized spacial score (nSPS) is 30.9. The van der Waals surface area contributed by atoms with E-state index >= 15 is 0 Å². The molecule has 106 valence electrons. The van der Waals surface area contributed by atoms with Gasteiger partial charge in [-0.05, 0) is 43.4 Å². The van der Waals surface area contributed by atoms with Crippen molar-refractivity contribution < 1.29 is 9.53 Å². The number of ether oxygens (including phenoxy) is 1. The van der Waals surface area contributed by atoms with Gasteiger partial charge in [0.05, 0.1) is 13.5 Å². The second kappa shape index (κ2) is 6.55. The fourth-order valence-electron chi connectivity index (χ4n) is 3.28. The maximum atomic E-state index is 11.6. The molecule has 3 heteroatoms. The Balaban J connectivity index is 2.76. The topological polar surface area (TPSA) is 52.3 Å². The molecule has 0 saturated heterocycles. The molecule has 0 spiro atoms. The van der Waals surface area contributed by atoms with Gasteiger partial charge in [-0.3, -0.25) is 4.79 Å². The van der Waals surface area contributed by atoms with Gasteiger partial charge in [0.15, 0.2) is 0 Å². The number of carbonyl (C=O) groups excluding carboxylic acids is 1. The molecule has 3 atom stereocenters. The maximum Gasteiger partial charge on any atom is 0.306 e. The van der Waals surface area contributed by atoms with Crippen LogP contribution in [0.3, 0.4) is 0 Å². The Labute approximate surface area is 111 Å². The van der Waals surface area contributed by atoms with Crippen LogP contribution in [0.25, 0.3) is 0 Å². The van der Waals surface area contributed by atoms with Gasteiger partial charge in [-0.25, -0.2) is 0 Å². The first-order chi connectivity index (χ1) is 8.41. The molecule has 0 aromatic rings. The summed E-state index contributed by atoms with van der Waals surface area (Å²) in [5.74, 6) is 1.39. The molecule has 0 aliphatic heterocycles. The van der Waals surface area contributed by atoms with Crippen LogP contribution in [0.15, 0.2) is 0 Å². The lowest BCUT2D eigenvalue weighted by Gasteiger charge is -2.36. The Morgan fingerprint density at radius 1 is 1.33 bits per heavy atom. The van der Waals surface area contributed by atoms with Gasteiger partial charge in [0.1, 0.15) is 0 Å². The van der Waals surface area contributed by atoms with Crippen LogP contribution in [0.2, 0.25) is 0 Å². The number of nitrogens with two attached hydrogens (primary N) is 1. The van der Waals surface area contributed by atoms with E-state index in [2.05, 4.69) is 13.8 Å². The summed E-state index contributed by atoms with van der Waals surface area (Å²) in [5.41, 5.74) is 6.14. The molecule has 0 aromatic carbocycles. The smallest absolute Gasteiger partial charge is 0.306 e. The third kappa shape index (κ3) is 3.71. The van der Waals surface area contributed by atoms with Crippen LogP contribution in [-0.4, -0.2) is 19.1 Å². The first-order valence-electron chi connectivity index (χ1n) is 7.23. The molecular formula is C15H29NO2. The molecule has 0 amide bonds. The van der Waals surface area contributed by atoms with Gasteiger partial charge in [-0.2, -0.15) is 0 Å². The average molecular weight is 255 g/mol. The van der Waals surface area contributed by atoms with Gasteiger partial charge in [0.2, 0.25) is 0 Å². The minimum absolute atomic E-state index is 0.0449. The van der Waals surface area contributed by atoms with Gasteiger partial charge in [-0.1, -0.05) is 26.7 Å². The molecule has 18 heavy (non-hydrogen) atoms. The molecule has 1 saturated carbocycles. The second-order valence-corrected chi connectivity index (χ2v) is 6.34. The lowest BCUT2D eigenvalue weighted by Crippen LogP contribution is -2.41. The summed E-state index contributed by atoms with van der Waals surface area (Å²) in [6, 6.07) is 0.0579. The van der Waals surface area contributed by atoms with Gasteiger partial charge in [-0.15, -0.1) is 0 Å².